The largest absolute Gasteiger partial charge is 0.480 e. The van der Waals surface area contributed by atoms with Crippen molar-refractivity contribution in [1.82, 2.24) is 10.2 Å². The van der Waals surface area contributed by atoms with Crippen molar-refractivity contribution in [3.63, 3.8) is 0 Å². The Kier molecular flexibility index (Phi) is 6.45. The summed E-state index contributed by atoms with van der Waals surface area (Å²) in [5.41, 5.74) is -1.11. The Hall–Kier alpha value is -1.30. The second kappa shape index (κ2) is 7.64. The Bertz CT molecular complexity index is 363. The molecule has 0 heterocycles. The molecule has 1 aliphatic carbocycles. The molecule has 6 nitrogen and oxygen atoms in total. The van der Waals surface area contributed by atoms with Gasteiger partial charge in [-0.2, -0.15) is 0 Å². The number of carboxylic acids is 1. The van der Waals surface area contributed by atoms with Gasteiger partial charge in [0.25, 0.3) is 0 Å². The van der Waals surface area contributed by atoms with E-state index in [-0.39, 0.29) is 12.1 Å². The average Bonchev–Trinajstić information content (AvgIpc) is 2.40. The molecule has 0 aromatic carbocycles. The van der Waals surface area contributed by atoms with Crippen LogP contribution in [0.1, 0.15) is 46.5 Å². The topological polar surface area (TPSA) is 78.9 Å². The first-order valence-electron chi connectivity index (χ1n) is 7.65. The van der Waals surface area contributed by atoms with Crippen molar-refractivity contribution in [2.45, 2.75) is 58.1 Å². The molecule has 2 amide bonds. The fraction of sp³-hybridized carbons (Fsp3) is 0.867. The molecule has 1 saturated carbocycles. The highest BCUT2D eigenvalue weighted by Crippen LogP contribution is 2.32. The van der Waals surface area contributed by atoms with Gasteiger partial charge in [0.05, 0.1) is 12.7 Å². The maximum absolute atomic E-state index is 12.2. The fourth-order valence-electron chi connectivity index (χ4n) is 2.47. The molecule has 0 aliphatic heterocycles. The SMILES string of the molecule is CC1CCC(NC(=O)N(C)CCOC(C)C)(C(=O)O)CC1. The zero-order valence-corrected chi connectivity index (χ0v) is 13.5. The zero-order valence-electron chi connectivity index (χ0n) is 13.5. The van der Waals surface area contributed by atoms with Crippen LogP contribution >= 0.6 is 0 Å². The molecule has 0 aromatic rings. The van der Waals surface area contributed by atoms with Crippen LogP contribution < -0.4 is 5.32 Å². The first-order chi connectivity index (χ1) is 9.77. The Morgan fingerprint density at radius 2 is 1.95 bits per heavy atom. The van der Waals surface area contributed by atoms with E-state index >= 15 is 0 Å². The number of ether oxygens (including phenoxy) is 1. The van der Waals surface area contributed by atoms with Gasteiger partial charge < -0.3 is 20.1 Å². The number of hydrogen-bond acceptors (Lipinski definition) is 3. The van der Waals surface area contributed by atoms with Crippen molar-refractivity contribution in [3.8, 4) is 0 Å². The summed E-state index contributed by atoms with van der Waals surface area (Å²) < 4.78 is 5.40. The first-order valence-corrected chi connectivity index (χ1v) is 7.65. The Morgan fingerprint density at radius 1 is 1.38 bits per heavy atom. The molecule has 21 heavy (non-hydrogen) atoms. The number of amides is 2. The second-order valence-electron chi connectivity index (χ2n) is 6.34. The molecule has 0 unspecified atom stereocenters. The summed E-state index contributed by atoms with van der Waals surface area (Å²) in [5.74, 6) is -0.416. The van der Waals surface area contributed by atoms with Gasteiger partial charge in [-0.15, -0.1) is 0 Å². The molecule has 0 bridgehead atoms. The van der Waals surface area contributed by atoms with E-state index in [1.54, 1.807) is 7.05 Å². The Labute approximate surface area is 126 Å². The highest BCUT2D eigenvalue weighted by molar-refractivity contribution is 5.86. The molecule has 1 aliphatic rings. The number of carbonyl (C=O) groups is 2. The van der Waals surface area contributed by atoms with Gasteiger partial charge in [0, 0.05) is 13.6 Å². The summed E-state index contributed by atoms with van der Waals surface area (Å²) in [4.78, 5) is 25.2. The van der Waals surface area contributed by atoms with Crippen molar-refractivity contribution < 1.29 is 19.4 Å². The summed E-state index contributed by atoms with van der Waals surface area (Å²) in [5, 5.41) is 12.2. The number of nitrogens with zero attached hydrogens (tertiary/aromatic N) is 1. The smallest absolute Gasteiger partial charge is 0.329 e. The van der Waals surface area contributed by atoms with Gasteiger partial charge >= 0.3 is 12.0 Å². The lowest BCUT2D eigenvalue weighted by molar-refractivity contribution is -0.146. The minimum absolute atomic E-state index is 0.117. The van der Waals surface area contributed by atoms with Crippen LogP contribution in [0.15, 0.2) is 0 Å². The average molecular weight is 300 g/mol. The van der Waals surface area contributed by atoms with Gasteiger partial charge in [-0.25, -0.2) is 9.59 Å². The lowest BCUT2D eigenvalue weighted by Gasteiger charge is -2.37. The van der Waals surface area contributed by atoms with Crippen LogP contribution in [-0.2, 0) is 9.53 Å². The molecule has 1 fully saturated rings. The maximum Gasteiger partial charge on any atom is 0.329 e. The van der Waals surface area contributed by atoms with Crippen LogP contribution in [0, 0.1) is 5.92 Å². The number of urea groups is 1. The number of hydrogen-bond donors (Lipinski definition) is 2. The minimum Gasteiger partial charge on any atom is -0.480 e. The molecule has 2 N–H and O–H groups in total. The highest BCUT2D eigenvalue weighted by Gasteiger charge is 2.42. The maximum atomic E-state index is 12.2. The number of rotatable bonds is 6. The van der Waals surface area contributed by atoms with E-state index in [0.29, 0.717) is 31.9 Å². The van der Waals surface area contributed by atoms with Gasteiger partial charge in [0.2, 0.25) is 0 Å². The summed E-state index contributed by atoms with van der Waals surface area (Å²) in [6.45, 7) is 6.86. The number of nitrogens with one attached hydrogen (secondary N) is 1. The summed E-state index contributed by atoms with van der Waals surface area (Å²) >= 11 is 0. The molecule has 0 radical (unpaired) electrons. The van der Waals surface area contributed by atoms with Crippen molar-refractivity contribution in [3.05, 3.63) is 0 Å². The van der Waals surface area contributed by atoms with E-state index in [9.17, 15) is 14.7 Å². The fourth-order valence-corrected chi connectivity index (χ4v) is 2.47. The molecule has 122 valence electrons. The van der Waals surface area contributed by atoms with Gasteiger partial charge in [-0.1, -0.05) is 6.92 Å². The van der Waals surface area contributed by atoms with Crippen LogP contribution in [0.4, 0.5) is 4.79 Å². The van der Waals surface area contributed by atoms with Gasteiger partial charge in [0.15, 0.2) is 0 Å². The van der Waals surface area contributed by atoms with Crippen molar-refractivity contribution in [2.75, 3.05) is 20.2 Å². The molecule has 0 atom stereocenters. The molecule has 1 rings (SSSR count). The van der Waals surface area contributed by atoms with Crippen LogP contribution in [0.5, 0.6) is 0 Å². The summed E-state index contributed by atoms with van der Waals surface area (Å²) in [6, 6.07) is -0.348. The van der Waals surface area contributed by atoms with E-state index in [0.717, 1.165) is 12.8 Å². The monoisotopic (exact) mass is 300 g/mol. The van der Waals surface area contributed by atoms with Crippen LogP contribution in [0.25, 0.3) is 0 Å². The van der Waals surface area contributed by atoms with Gasteiger partial charge in [0.1, 0.15) is 5.54 Å². The molecular formula is C15H28N2O4. The number of carboxylic acid groups (broad SMARTS) is 1. The van der Waals surface area contributed by atoms with Gasteiger partial charge in [-0.05, 0) is 45.4 Å². The summed E-state index contributed by atoms with van der Waals surface area (Å²) in [7, 11) is 1.65. The minimum atomic E-state index is -1.11. The third-order valence-corrected chi connectivity index (χ3v) is 4.11. The molecular weight excluding hydrogens is 272 g/mol. The van der Waals surface area contributed by atoms with Crippen molar-refractivity contribution in [1.29, 1.82) is 0 Å². The number of carbonyl (C=O) groups excluding carboxylic acids is 1. The third-order valence-electron chi connectivity index (χ3n) is 4.11. The first kappa shape index (κ1) is 17.8. The van der Waals surface area contributed by atoms with Crippen LogP contribution in [-0.4, -0.2) is 53.8 Å². The van der Waals surface area contributed by atoms with Gasteiger partial charge in [-0.3, -0.25) is 0 Å². The standard InChI is InChI=1S/C15H28N2O4/c1-11(2)21-10-9-17(4)14(20)16-15(13(18)19)7-5-12(3)6-8-15/h11-12H,5-10H2,1-4H3,(H,16,20)(H,18,19). The van der Waals surface area contributed by atoms with E-state index < -0.39 is 11.5 Å². The normalized spacial score (nSPS) is 25.7. The van der Waals surface area contributed by atoms with E-state index in [2.05, 4.69) is 12.2 Å². The second-order valence-corrected chi connectivity index (χ2v) is 6.34. The van der Waals surface area contributed by atoms with Crippen LogP contribution in [0.2, 0.25) is 0 Å². The van der Waals surface area contributed by atoms with Crippen molar-refractivity contribution >= 4 is 12.0 Å². The van der Waals surface area contributed by atoms with E-state index in [1.807, 2.05) is 13.8 Å². The lowest BCUT2D eigenvalue weighted by Crippen LogP contribution is -2.59. The molecule has 6 heteroatoms. The molecule has 0 saturated heterocycles. The summed E-state index contributed by atoms with van der Waals surface area (Å²) in [6.07, 6.45) is 2.75. The number of aliphatic carboxylic acids is 1. The zero-order chi connectivity index (χ0) is 16.0. The molecule has 0 aromatic heterocycles. The third kappa shape index (κ3) is 5.19. The Morgan fingerprint density at radius 3 is 2.43 bits per heavy atom. The predicted molar refractivity (Wildman–Crippen MR) is 80.2 cm³/mol. The van der Waals surface area contributed by atoms with E-state index in [4.69, 9.17) is 4.74 Å². The quantitative estimate of drug-likeness (QED) is 0.787. The van der Waals surface area contributed by atoms with E-state index in [1.165, 1.54) is 4.90 Å². The molecule has 0 spiro atoms. The van der Waals surface area contributed by atoms with Crippen molar-refractivity contribution in [2.24, 2.45) is 5.92 Å². The lowest BCUT2D eigenvalue weighted by atomic mass is 9.77. The highest BCUT2D eigenvalue weighted by atomic mass is 16.5. The Balaban J connectivity index is 2.55. The van der Waals surface area contributed by atoms with Crippen LogP contribution in [0.3, 0.4) is 0 Å². The number of likely N-dealkylation sites (N-methyl/N-ethyl adjacent to an activating group) is 1. The predicted octanol–water partition coefficient (Wildman–Crippen LogP) is 2.09.